The van der Waals surface area contributed by atoms with Crippen molar-refractivity contribution >= 4 is 29.3 Å². The minimum atomic E-state index is -1.26. The highest BCUT2D eigenvalue weighted by atomic mass is 16.4. The van der Waals surface area contributed by atoms with Gasteiger partial charge in [-0.3, -0.25) is 4.79 Å². The summed E-state index contributed by atoms with van der Waals surface area (Å²) >= 11 is 0. The number of phenolic OH excluding ortho intramolecular Hbond substituents is 8. The van der Waals surface area contributed by atoms with Crippen molar-refractivity contribution < 1.29 is 80.8 Å². The number of nitrogen functional groups attached to an aromatic ring is 2. The zero-order valence-electron chi connectivity index (χ0n) is 30.7. The quantitative estimate of drug-likeness (QED) is 0.0886. The Balaban J connectivity index is 0.000000357. The molecule has 5 aromatic carbocycles. The SMILES string of the molecule is Cc1ccc(C(=O)O)c(O)c1O.Cc1ccc(C(=O)O)c(O)c1O.Cc1ccc(N)c(O)c1O.Cc1ccc(N)c(O)c1O.NC(C(=O)O)c1ccc(O)c(O)c1. The number of aryl methyl sites for hydroxylation is 4. The number of anilines is 2. The minimum Gasteiger partial charge on any atom is -0.504 e. The molecule has 19 N–H and O–H groups in total. The molecule has 0 aliphatic rings. The molecule has 0 saturated carbocycles. The predicted octanol–water partition coefficient (Wildman–Crippen LogP) is 4.37. The lowest BCUT2D eigenvalue weighted by Crippen LogP contribution is -2.20. The van der Waals surface area contributed by atoms with Gasteiger partial charge in [-0.15, -0.1) is 0 Å². The molecule has 0 heterocycles. The molecule has 19 heteroatoms. The van der Waals surface area contributed by atoms with E-state index >= 15 is 0 Å². The van der Waals surface area contributed by atoms with Crippen molar-refractivity contribution in [3.05, 3.63) is 106 Å². The van der Waals surface area contributed by atoms with E-state index in [1.165, 1.54) is 36.4 Å². The van der Waals surface area contributed by atoms with E-state index in [0.29, 0.717) is 22.3 Å². The molecule has 1 atom stereocenters. The Hall–Kier alpha value is -7.93. The van der Waals surface area contributed by atoms with Gasteiger partial charge in [0.1, 0.15) is 17.2 Å². The summed E-state index contributed by atoms with van der Waals surface area (Å²) in [4.78, 5) is 31.3. The molecule has 0 fully saturated rings. The fraction of sp³-hybridized carbons (Fsp3) is 0.132. The summed E-state index contributed by atoms with van der Waals surface area (Å²) in [5, 5.41) is 116. The molecule has 5 aromatic rings. The van der Waals surface area contributed by atoms with Gasteiger partial charge in [-0.2, -0.15) is 0 Å². The van der Waals surface area contributed by atoms with Crippen molar-refractivity contribution in [3.8, 4) is 57.5 Å². The van der Waals surface area contributed by atoms with Crippen molar-refractivity contribution in [1.29, 1.82) is 0 Å². The number of hydrogen-bond donors (Lipinski definition) is 16. The number of phenols is 10. The predicted molar refractivity (Wildman–Crippen MR) is 205 cm³/mol. The summed E-state index contributed by atoms with van der Waals surface area (Å²) in [6.45, 7) is 6.52. The smallest absolute Gasteiger partial charge is 0.339 e. The number of nitrogens with two attached hydrogens (primary N) is 3. The highest BCUT2D eigenvalue weighted by molar-refractivity contribution is 5.92. The molecule has 0 aliphatic heterocycles. The Bertz CT molecular complexity index is 2070. The van der Waals surface area contributed by atoms with E-state index in [1.807, 2.05) is 0 Å². The molecule has 0 bridgehead atoms. The van der Waals surface area contributed by atoms with Crippen molar-refractivity contribution in [3.63, 3.8) is 0 Å². The zero-order valence-corrected chi connectivity index (χ0v) is 30.7. The molecule has 19 nitrogen and oxygen atoms in total. The maximum absolute atomic E-state index is 10.4. The van der Waals surface area contributed by atoms with Crippen LogP contribution >= 0.6 is 0 Å². The topological polar surface area (TPSA) is 392 Å². The Kier molecular flexibility index (Phi) is 16.9. The largest absolute Gasteiger partial charge is 0.504 e. The summed E-state index contributed by atoms with van der Waals surface area (Å²) in [6, 6.07) is 14.2. The van der Waals surface area contributed by atoms with E-state index in [1.54, 1.807) is 52.0 Å². The van der Waals surface area contributed by atoms with Gasteiger partial charge >= 0.3 is 17.9 Å². The second-order valence-corrected chi connectivity index (χ2v) is 11.8. The summed E-state index contributed by atoms with van der Waals surface area (Å²) < 4.78 is 0. The second-order valence-electron chi connectivity index (χ2n) is 11.8. The molecule has 0 aromatic heterocycles. The monoisotopic (exact) mass is 797 g/mol. The number of carbonyl (C=O) groups is 3. The molecule has 306 valence electrons. The lowest BCUT2D eigenvalue weighted by Gasteiger charge is -2.07. The highest BCUT2D eigenvalue weighted by Crippen LogP contribution is 2.35. The first-order valence-corrected chi connectivity index (χ1v) is 15.9. The van der Waals surface area contributed by atoms with Crippen LogP contribution in [0.2, 0.25) is 0 Å². The number of aromatic carboxylic acids is 2. The van der Waals surface area contributed by atoms with Crippen molar-refractivity contribution in [2.24, 2.45) is 5.73 Å². The number of carboxylic acid groups (broad SMARTS) is 3. The van der Waals surface area contributed by atoms with Crippen molar-refractivity contribution in [1.82, 2.24) is 0 Å². The first-order valence-electron chi connectivity index (χ1n) is 15.9. The van der Waals surface area contributed by atoms with Crippen LogP contribution in [0.5, 0.6) is 57.5 Å². The average molecular weight is 798 g/mol. The van der Waals surface area contributed by atoms with Gasteiger partial charge in [0.25, 0.3) is 0 Å². The lowest BCUT2D eigenvalue weighted by atomic mass is 10.1. The molecule has 0 radical (unpaired) electrons. The van der Waals surface area contributed by atoms with Gasteiger partial charge in [-0.1, -0.05) is 30.3 Å². The highest BCUT2D eigenvalue weighted by Gasteiger charge is 2.16. The normalized spacial score (nSPS) is 10.3. The molecule has 0 saturated heterocycles. The van der Waals surface area contributed by atoms with Gasteiger partial charge in [0.2, 0.25) is 0 Å². The van der Waals surface area contributed by atoms with Crippen LogP contribution in [0.3, 0.4) is 0 Å². The maximum Gasteiger partial charge on any atom is 0.339 e. The number of benzene rings is 5. The third-order valence-electron chi connectivity index (χ3n) is 7.56. The molecule has 5 rings (SSSR count). The first-order chi connectivity index (χ1) is 26.3. The van der Waals surface area contributed by atoms with E-state index in [0.717, 1.165) is 6.07 Å². The maximum atomic E-state index is 10.4. The van der Waals surface area contributed by atoms with E-state index in [-0.39, 0.29) is 74.1 Å². The van der Waals surface area contributed by atoms with Crippen LogP contribution < -0.4 is 17.2 Å². The lowest BCUT2D eigenvalue weighted by molar-refractivity contribution is -0.138. The Morgan fingerprint density at radius 2 is 0.754 bits per heavy atom. The van der Waals surface area contributed by atoms with Crippen LogP contribution in [0.1, 0.15) is 54.6 Å². The van der Waals surface area contributed by atoms with Crippen LogP contribution in [0.25, 0.3) is 0 Å². The molecular weight excluding hydrogens is 754 g/mol. The van der Waals surface area contributed by atoms with E-state index in [2.05, 4.69) is 0 Å². The van der Waals surface area contributed by atoms with Gasteiger partial charge < -0.3 is 83.6 Å². The van der Waals surface area contributed by atoms with Crippen LogP contribution in [0.15, 0.2) is 66.7 Å². The zero-order chi connectivity index (χ0) is 44.1. The van der Waals surface area contributed by atoms with E-state index < -0.39 is 35.4 Å². The number of hydrogen-bond acceptors (Lipinski definition) is 16. The Labute approximate surface area is 323 Å². The molecule has 0 amide bonds. The number of aliphatic carboxylic acids is 1. The van der Waals surface area contributed by atoms with Gasteiger partial charge in [-0.05, 0) is 91.9 Å². The molecule has 1 unspecified atom stereocenters. The second kappa shape index (κ2) is 20.5. The van der Waals surface area contributed by atoms with Gasteiger partial charge in [0.05, 0.1) is 11.4 Å². The summed E-state index contributed by atoms with van der Waals surface area (Å²) in [5.41, 5.74) is 18.0. The van der Waals surface area contributed by atoms with Crippen LogP contribution in [-0.2, 0) is 4.79 Å². The third-order valence-corrected chi connectivity index (χ3v) is 7.56. The van der Waals surface area contributed by atoms with Gasteiger partial charge in [-0.25, -0.2) is 9.59 Å². The standard InChI is InChI=1S/C8H9NO4.2C8H8O4.2C7H9NO2/c9-7(8(12)13)4-1-2-5(10)6(11)3-4;2*1-4-2-3-5(8(11)12)7(10)6(4)9;2*1-4-2-3-5(8)7(10)6(4)9/h1-3,7,10-11H,9H2,(H,12,13);2*2-3,9-10H,1H3,(H,11,12);2*2-3,9-10H,8H2,1H3. The van der Waals surface area contributed by atoms with Crippen molar-refractivity contribution in [2.75, 3.05) is 11.5 Å². The van der Waals surface area contributed by atoms with E-state index in [9.17, 15) is 14.4 Å². The third kappa shape index (κ3) is 12.9. The molecule has 0 aliphatic carbocycles. The van der Waals surface area contributed by atoms with Crippen LogP contribution in [0.4, 0.5) is 11.4 Å². The Morgan fingerprint density at radius 3 is 1.04 bits per heavy atom. The number of rotatable bonds is 4. The molecule has 57 heavy (non-hydrogen) atoms. The van der Waals surface area contributed by atoms with Crippen LogP contribution in [0, 0.1) is 27.7 Å². The number of aromatic hydroxyl groups is 10. The van der Waals surface area contributed by atoms with Gasteiger partial charge in [0, 0.05) is 0 Å². The van der Waals surface area contributed by atoms with Crippen LogP contribution in [-0.4, -0.2) is 84.3 Å². The molecule has 0 spiro atoms. The molecular formula is C38H43N3O16. The van der Waals surface area contributed by atoms with Crippen molar-refractivity contribution in [2.45, 2.75) is 33.7 Å². The first kappa shape index (κ1) is 47.1. The fourth-order valence-electron chi connectivity index (χ4n) is 3.97. The average Bonchev–Trinajstić information content (AvgIpc) is 3.16. The summed E-state index contributed by atoms with van der Waals surface area (Å²) in [5.74, 6) is -7.07. The number of carboxylic acids is 3. The summed E-state index contributed by atoms with van der Waals surface area (Å²) in [7, 11) is 0. The minimum absolute atomic E-state index is 0.139. The fourth-order valence-corrected chi connectivity index (χ4v) is 3.97. The van der Waals surface area contributed by atoms with Gasteiger partial charge in [0.15, 0.2) is 57.5 Å². The summed E-state index contributed by atoms with van der Waals surface area (Å²) in [6.07, 6.45) is 0. The Morgan fingerprint density at radius 1 is 0.439 bits per heavy atom. The van der Waals surface area contributed by atoms with E-state index in [4.69, 9.17) is 83.6 Å².